The molecule has 20 heavy (non-hydrogen) atoms. The largest absolute Gasteiger partial charge is 0.351 e. The summed E-state index contributed by atoms with van der Waals surface area (Å²) in [6.07, 6.45) is 2.96. The molecule has 0 radical (unpaired) electrons. The van der Waals surface area contributed by atoms with Crippen LogP contribution in [0.4, 0.5) is 5.82 Å². The van der Waals surface area contributed by atoms with Crippen LogP contribution in [0.5, 0.6) is 0 Å². The molecule has 0 saturated carbocycles. The smallest absolute Gasteiger partial charge is 0.271 e. The third-order valence-electron chi connectivity index (χ3n) is 3.49. The van der Waals surface area contributed by atoms with Crippen LogP contribution in [0, 0.1) is 0 Å². The number of nitrogens with zero attached hydrogens (tertiary/aromatic N) is 3. The van der Waals surface area contributed by atoms with Crippen molar-refractivity contribution in [2.45, 2.75) is 39.2 Å². The number of Topliss-reactive ketones (excluding diaryl/α,β-unsaturated/α-hetero) is 1. The van der Waals surface area contributed by atoms with E-state index in [0.717, 1.165) is 25.8 Å². The van der Waals surface area contributed by atoms with Crippen molar-refractivity contribution < 1.29 is 9.59 Å². The minimum Gasteiger partial charge on any atom is -0.351 e. The van der Waals surface area contributed by atoms with E-state index in [1.807, 2.05) is 11.8 Å². The van der Waals surface area contributed by atoms with E-state index in [1.165, 1.54) is 0 Å². The molecule has 1 aliphatic heterocycles. The van der Waals surface area contributed by atoms with Gasteiger partial charge < -0.3 is 10.2 Å². The van der Waals surface area contributed by atoms with E-state index < -0.39 is 0 Å². The molecule has 0 bridgehead atoms. The van der Waals surface area contributed by atoms with Crippen LogP contribution in [-0.4, -0.2) is 41.0 Å². The molecule has 1 aliphatic rings. The Balaban J connectivity index is 2.15. The molecule has 1 N–H and O–H groups in total. The number of carbonyl (C=O) groups is 2. The third-order valence-corrected chi connectivity index (χ3v) is 3.49. The lowest BCUT2D eigenvalue weighted by molar-refractivity contribution is -0.118. The summed E-state index contributed by atoms with van der Waals surface area (Å²) >= 11 is 0. The summed E-state index contributed by atoms with van der Waals surface area (Å²) in [6, 6.07) is 3.30. The Labute approximate surface area is 118 Å². The summed E-state index contributed by atoms with van der Waals surface area (Å²) in [5.74, 6) is 0.588. The third kappa shape index (κ3) is 3.12. The Bertz CT molecular complexity index is 486. The van der Waals surface area contributed by atoms with Crippen LogP contribution in [0.3, 0.4) is 0 Å². The maximum atomic E-state index is 11.7. The highest BCUT2D eigenvalue weighted by Crippen LogP contribution is 2.23. The molecule has 1 amide bonds. The number of piperidine rings is 1. The van der Waals surface area contributed by atoms with Crippen LogP contribution in [0.15, 0.2) is 12.1 Å². The molecule has 0 aliphatic carbocycles. The van der Waals surface area contributed by atoms with E-state index in [2.05, 4.69) is 15.5 Å². The number of anilines is 1. The van der Waals surface area contributed by atoms with Gasteiger partial charge in [0, 0.05) is 13.1 Å². The second kappa shape index (κ2) is 6.45. The predicted molar refractivity (Wildman–Crippen MR) is 75.7 cm³/mol. The molecule has 1 unspecified atom stereocenters. The van der Waals surface area contributed by atoms with E-state index in [4.69, 9.17) is 0 Å². The van der Waals surface area contributed by atoms with Crippen molar-refractivity contribution in [2.24, 2.45) is 0 Å². The van der Waals surface area contributed by atoms with Gasteiger partial charge in [-0.3, -0.25) is 9.59 Å². The molecular formula is C14H20N4O2. The van der Waals surface area contributed by atoms with Gasteiger partial charge in [0.2, 0.25) is 0 Å². The molecule has 6 heteroatoms. The highest BCUT2D eigenvalue weighted by Gasteiger charge is 2.27. The Morgan fingerprint density at radius 3 is 2.75 bits per heavy atom. The first-order chi connectivity index (χ1) is 9.63. The van der Waals surface area contributed by atoms with Gasteiger partial charge in [0.25, 0.3) is 5.91 Å². The minimum absolute atomic E-state index is 0.117. The Kier molecular flexibility index (Phi) is 4.65. The minimum atomic E-state index is -0.228. The second-order valence-electron chi connectivity index (χ2n) is 4.95. The molecule has 0 aromatic carbocycles. The van der Waals surface area contributed by atoms with Gasteiger partial charge in [-0.05, 0) is 45.2 Å². The van der Waals surface area contributed by atoms with Crippen molar-refractivity contribution >= 4 is 17.5 Å². The summed E-state index contributed by atoms with van der Waals surface area (Å²) in [5, 5.41) is 10.7. The van der Waals surface area contributed by atoms with Crippen molar-refractivity contribution in [1.29, 1.82) is 0 Å². The van der Waals surface area contributed by atoms with Gasteiger partial charge in [-0.15, -0.1) is 10.2 Å². The van der Waals surface area contributed by atoms with Crippen molar-refractivity contribution in [3.05, 3.63) is 17.8 Å². The van der Waals surface area contributed by atoms with E-state index >= 15 is 0 Å². The van der Waals surface area contributed by atoms with E-state index in [1.54, 1.807) is 19.1 Å². The van der Waals surface area contributed by atoms with E-state index in [9.17, 15) is 9.59 Å². The van der Waals surface area contributed by atoms with Crippen LogP contribution in [0.2, 0.25) is 0 Å². The summed E-state index contributed by atoms with van der Waals surface area (Å²) in [4.78, 5) is 25.3. The molecule has 2 rings (SSSR count). The molecule has 1 saturated heterocycles. The van der Waals surface area contributed by atoms with E-state index in [-0.39, 0.29) is 17.7 Å². The molecule has 108 valence electrons. The molecule has 1 atom stereocenters. The van der Waals surface area contributed by atoms with Crippen molar-refractivity contribution in [3.8, 4) is 0 Å². The summed E-state index contributed by atoms with van der Waals surface area (Å²) in [7, 11) is 0. The standard InChI is InChI=1S/C14H20N4O2/c1-3-15-14(20)11-7-8-13(17-16-11)18-9-5-4-6-12(18)10(2)19/h7-8,12H,3-6,9H2,1-2H3,(H,15,20). The van der Waals surface area contributed by atoms with Crippen LogP contribution in [-0.2, 0) is 4.79 Å². The average Bonchev–Trinajstić information content (AvgIpc) is 2.47. The normalized spacial score (nSPS) is 18.7. The lowest BCUT2D eigenvalue weighted by atomic mass is 9.99. The first-order valence-corrected chi connectivity index (χ1v) is 7.02. The second-order valence-corrected chi connectivity index (χ2v) is 4.95. The van der Waals surface area contributed by atoms with Crippen LogP contribution in [0.1, 0.15) is 43.6 Å². The maximum Gasteiger partial charge on any atom is 0.271 e. The summed E-state index contributed by atoms with van der Waals surface area (Å²) < 4.78 is 0. The number of ketones is 1. The van der Waals surface area contributed by atoms with Gasteiger partial charge in [0.05, 0.1) is 6.04 Å². The number of rotatable bonds is 4. The number of hydrogen-bond acceptors (Lipinski definition) is 5. The molecule has 1 fully saturated rings. The quantitative estimate of drug-likeness (QED) is 0.893. The monoisotopic (exact) mass is 276 g/mol. The SMILES string of the molecule is CCNC(=O)c1ccc(N2CCCCC2C(C)=O)nn1. The topological polar surface area (TPSA) is 75.2 Å². The van der Waals surface area contributed by atoms with Gasteiger partial charge in [-0.1, -0.05) is 0 Å². The zero-order chi connectivity index (χ0) is 14.5. The fraction of sp³-hybridized carbons (Fsp3) is 0.571. The fourth-order valence-electron chi connectivity index (χ4n) is 2.48. The lowest BCUT2D eigenvalue weighted by Gasteiger charge is -2.34. The first-order valence-electron chi connectivity index (χ1n) is 7.02. The first kappa shape index (κ1) is 14.4. The van der Waals surface area contributed by atoms with E-state index in [0.29, 0.717) is 18.1 Å². The van der Waals surface area contributed by atoms with Crippen molar-refractivity contribution in [2.75, 3.05) is 18.0 Å². The van der Waals surface area contributed by atoms with Crippen LogP contribution < -0.4 is 10.2 Å². The van der Waals surface area contributed by atoms with Crippen molar-refractivity contribution in [1.82, 2.24) is 15.5 Å². The van der Waals surface area contributed by atoms with Crippen molar-refractivity contribution in [3.63, 3.8) is 0 Å². The van der Waals surface area contributed by atoms with Gasteiger partial charge in [0.1, 0.15) is 0 Å². The van der Waals surface area contributed by atoms with Gasteiger partial charge in [-0.2, -0.15) is 0 Å². The molecule has 2 heterocycles. The fourth-order valence-corrected chi connectivity index (χ4v) is 2.48. The molecule has 1 aromatic heterocycles. The Morgan fingerprint density at radius 1 is 1.35 bits per heavy atom. The van der Waals surface area contributed by atoms with Crippen LogP contribution >= 0.6 is 0 Å². The van der Waals surface area contributed by atoms with Gasteiger partial charge >= 0.3 is 0 Å². The number of aromatic nitrogens is 2. The molecule has 0 spiro atoms. The number of nitrogens with one attached hydrogen (secondary N) is 1. The number of carbonyl (C=O) groups excluding carboxylic acids is 2. The number of amides is 1. The summed E-state index contributed by atoms with van der Waals surface area (Å²) in [5.41, 5.74) is 0.298. The zero-order valence-electron chi connectivity index (χ0n) is 11.9. The average molecular weight is 276 g/mol. The zero-order valence-corrected chi connectivity index (χ0v) is 11.9. The lowest BCUT2D eigenvalue weighted by Crippen LogP contribution is -2.44. The Morgan fingerprint density at radius 2 is 2.15 bits per heavy atom. The summed E-state index contributed by atoms with van der Waals surface area (Å²) in [6.45, 7) is 4.82. The highest BCUT2D eigenvalue weighted by molar-refractivity contribution is 5.92. The molecule has 1 aromatic rings. The Hall–Kier alpha value is -1.98. The number of hydrogen-bond donors (Lipinski definition) is 1. The predicted octanol–water partition coefficient (Wildman–Crippen LogP) is 1.17. The van der Waals surface area contributed by atoms with Gasteiger partial charge in [0.15, 0.2) is 17.3 Å². The van der Waals surface area contributed by atoms with Gasteiger partial charge in [-0.25, -0.2) is 0 Å². The highest BCUT2D eigenvalue weighted by atomic mass is 16.2. The molecular weight excluding hydrogens is 256 g/mol. The maximum absolute atomic E-state index is 11.7. The van der Waals surface area contributed by atoms with Crippen LogP contribution in [0.25, 0.3) is 0 Å². The molecule has 6 nitrogen and oxygen atoms in total.